The number of nitrogens with zero attached hydrogens (tertiary/aromatic N) is 1. The third-order valence-electron chi connectivity index (χ3n) is 3.25. The first-order valence-corrected chi connectivity index (χ1v) is 5.32. The molecule has 0 bridgehead atoms. The van der Waals surface area contributed by atoms with E-state index in [1.165, 1.54) is 19.3 Å². The van der Waals surface area contributed by atoms with Gasteiger partial charge in [0.1, 0.15) is 0 Å². The van der Waals surface area contributed by atoms with Gasteiger partial charge in [0.05, 0.1) is 12.2 Å². The summed E-state index contributed by atoms with van der Waals surface area (Å²) in [5, 5.41) is 8.83. The van der Waals surface area contributed by atoms with Gasteiger partial charge in [-0.25, -0.2) is 0 Å². The molecule has 1 N–H and O–H groups in total. The largest absolute Gasteiger partial charge is 0.395 e. The summed E-state index contributed by atoms with van der Waals surface area (Å²) in [5.41, 5.74) is 0.160. The molecule has 13 heavy (non-hydrogen) atoms. The fraction of sp³-hybridized carbons (Fsp3) is 1.00. The van der Waals surface area contributed by atoms with E-state index in [2.05, 4.69) is 4.90 Å². The van der Waals surface area contributed by atoms with Gasteiger partial charge in [-0.3, -0.25) is 4.90 Å². The lowest BCUT2D eigenvalue weighted by atomic mass is 9.93. The molecule has 1 atom stereocenters. The van der Waals surface area contributed by atoms with Crippen LogP contribution in [0.3, 0.4) is 0 Å². The van der Waals surface area contributed by atoms with E-state index in [-0.39, 0.29) is 12.2 Å². The quantitative estimate of drug-likeness (QED) is 0.684. The second kappa shape index (κ2) is 3.95. The van der Waals surface area contributed by atoms with Gasteiger partial charge in [0.25, 0.3) is 0 Å². The van der Waals surface area contributed by atoms with Gasteiger partial charge in [-0.1, -0.05) is 0 Å². The second-order valence-corrected chi connectivity index (χ2v) is 4.24. The van der Waals surface area contributed by atoms with E-state index in [0.29, 0.717) is 0 Å². The van der Waals surface area contributed by atoms with Crippen molar-refractivity contribution in [1.82, 2.24) is 4.90 Å². The van der Waals surface area contributed by atoms with E-state index in [0.717, 1.165) is 32.7 Å². The molecule has 0 amide bonds. The normalized spacial score (nSPS) is 35.8. The summed E-state index contributed by atoms with van der Waals surface area (Å²) in [7, 11) is 0. The smallest absolute Gasteiger partial charge is 0.0821 e. The van der Waals surface area contributed by atoms with Crippen molar-refractivity contribution in [3.8, 4) is 0 Å². The average Bonchev–Trinajstić information content (AvgIpc) is 2.51. The van der Waals surface area contributed by atoms with Crippen LogP contribution in [0.5, 0.6) is 0 Å². The van der Waals surface area contributed by atoms with Gasteiger partial charge >= 0.3 is 0 Å². The molecule has 0 saturated carbocycles. The molecule has 3 heteroatoms. The van der Waals surface area contributed by atoms with Gasteiger partial charge in [-0.15, -0.1) is 0 Å². The first-order valence-electron chi connectivity index (χ1n) is 5.32. The molecule has 76 valence electrons. The molecule has 0 unspecified atom stereocenters. The van der Waals surface area contributed by atoms with Crippen molar-refractivity contribution in [2.45, 2.75) is 31.3 Å². The van der Waals surface area contributed by atoms with Crippen LogP contribution in [0.25, 0.3) is 0 Å². The maximum Gasteiger partial charge on any atom is 0.0821 e. The van der Waals surface area contributed by atoms with Crippen LogP contribution in [0.2, 0.25) is 0 Å². The molecule has 2 aliphatic rings. The monoisotopic (exact) mass is 185 g/mol. The minimum Gasteiger partial charge on any atom is -0.395 e. The predicted octanol–water partition coefficient (Wildman–Crippen LogP) is 0.624. The molecular weight excluding hydrogens is 166 g/mol. The number of aliphatic hydroxyl groups is 1. The number of aliphatic hydroxyl groups excluding tert-OH is 1. The third-order valence-corrected chi connectivity index (χ3v) is 3.25. The van der Waals surface area contributed by atoms with Crippen molar-refractivity contribution < 1.29 is 9.84 Å². The topological polar surface area (TPSA) is 32.7 Å². The molecule has 0 aliphatic carbocycles. The van der Waals surface area contributed by atoms with Gasteiger partial charge in [0.15, 0.2) is 0 Å². The number of hydrogen-bond donors (Lipinski definition) is 1. The number of likely N-dealkylation sites (tertiary alicyclic amines) is 1. The highest BCUT2D eigenvalue weighted by molar-refractivity contribution is 4.93. The van der Waals surface area contributed by atoms with E-state index >= 15 is 0 Å². The Morgan fingerprint density at radius 2 is 2.23 bits per heavy atom. The Balaban J connectivity index is 1.87. The van der Waals surface area contributed by atoms with Crippen molar-refractivity contribution in [3.05, 3.63) is 0 Å². The van der Waals surface area contributed by atoms with Crippen LogP contribution in [0.4, 0.5) is 0 Å². The average molecular weight is 185 g/mol. The van der Waals surface area contributed by atoms with Gasteiger partial charge in [-0.2, -0.15) is 0 Å². The summed E-state index contributed by atoms with van der Waals surface area (Å²) in [6.45, 7) is 4.16. The lowest BCUT2D eigenvalue weighted by Crippen LogP contribution is -2.39. The molecule has 0 radical (unpaired) electrons. The van der Waals surface area contributed by atoms with E-state index in [1.807, 2.05) is 0 Å². The number of hydrogen-bond acceptors (Lipinski definition) is 3. The summed E-state index contributed by atoms with van der Waals surface area (Å²) in [6.07, 6.45) is 4.91. The van der Waals surface area contributed by atoms with Crippen LogP contribution in [-0.2, 0) is 4.74 Å². The fourth-order valence-electron chi connectivity index (χ4n) is 2.49. The Kier molecular flexibility index (Phi) is 2.86. The zero-order chi connectivity index (χ0) is 9.15. The summed E-state index contributed by atoms with van der Waals surface area (Å²) in [5.74, 6) is 0. The van der Waals surface area contributed by atoms with Crippen LogP contribution >= 0.6 is 0 Å². The predicted molar refractivity (Wildman–Crippen MR) is 50.7 cm³/mol. The van der Waals surface area contributed by atoms with Gasteiger partial charge in [0, 0.05) is 26.2 Å². The van der Waals surface area contributed by atoms with Crippen LogP contribution < -0.4 is 0 Å². The molecule has 2 rings (SSSR count). The molecule has 2 aliphatic heterocycles. The highest BCUT2D eigenvalue weighted by atomic mass is 16.5. The van der Waals surface area contributed by atoms with Gasteiger partial charge < -0.3 is 9.84 Å². The first kappa shape index (κ1) is 9.44. The molecule has 2 saturated heterocycles. The lowest BCUT2D eigenvalue weighted by Gasteiger charge is -2.33. The number of β-amino-alcohol motifs (C(OH)–C–C–N with tert-alkyl or cyclic N) is 1. The van der Waals surface area contributed by atoms with Crippen LogP contribution in [-0.4, -0.2) is 48.5 Å². The van der Waals surface area contributed by atoms with E-state index < -0.39 is 0 Å². The summed E-state index contributed by atoms with van der Waals surface area (Å²) in [6, 6.07) is 0. The number of ether oxygens (including phenoxy) is 1. The third kappa shape index (κ3) is 2.03. The highest BCUT2D eigenvalue weighted by Crippen LogP contribution is 2.33. The molecular formula is C10H19NO2. The zero-order valence-electron chi connectivity index (χ0n) is 8.17. The van der Waals surface area contributed by atoms with Gasteiger partial charge in [0.2, 0.25) is 0 Å². The van der Waals surface area contributed by atoms with Crippen molar-refractivity contribution in [1.29, 1.82) is 0 Å². The Morgan fingerprint density at radius 1 is 1.31 bits per heavy atom. The Bertz CT molecular complexity index is 166. The minimum absolute atomic E-state index is 0.160. The van der Waals surface area contributed by atoms with Crippen molar-refractivity contribution in [2.24, 2.45) is 0 Å². The fourth-order valence-corrected chi connectivity index (χ4v) is 2.49. The highest BCUT2D eigenvalue weighted by Gasteiger charge is 2.39. The van der Waals surface area contributed by atoms with E-state index in [4.69, 9.17) is 9.84 Å². The van der Waals surface area contributed by atoms with Crippen LogP contribution in [0, 0.1) is 0 Å². The van der Waals surface area contributed by atoms with E-state index in [1.54, 1.807) is 0 Å². The van der Waals surface area contributed by atoms with Crippen LogP contribution in [0.1, 0.15) is 25.7 Å². The maximum atomic E-state index is 8.83. The molecule has 2 fully saturated rings. The number of rotatable bonds is 2. The lowest BCUT2D eigenvalue weighted by molar-refractivity contribution is -0.0698. The van der Waals surface area contributed by atoms with Crippen molar-refractivity contribution >= 4 is 0 Å². The molecule has 2 heterocycles. The Morgan fingerprint density at radius 3 is 2.92 bits per heavy atom. The standard InChI is InChI=1S/C10H19NO2/c12-7-6-11-5-4-10(9-11)3-1-2-8-13-10/h12H,1-9H2/t10-/m1/s1. The molecule has 0 aromatic rings. The minimum atomic E-state index is 0.160. The molecule has 0 aromatic carbocycles. The first-order chi connectivity index (χ1) is 6.35. The SMILES string of the molecule is OCCN1CC[C@]2(CCCCO2)C1. The van der Waals surface area contributed by atoms with Crippen molar-refractivity contribution in [2.75, 3.05) is 32.8 Å². The summed E-state index contributed by atoms with van der Waals surface area (Å²) in [4.78, 5) is 2.31. The van der Waals surface area contributed by atoms with Crippen LogP contribution in [0.15, 0.2) is 0 Å². The van der Waals surface area contributed by atoms with Gasteiger partial charge in [-0.05, 0) is 25.7 Å². The van der Waals surface area contributed by atoms with E-state index in [9.17, 15) is 0 Å². The summed E-state index contributed by atoms with van der Waals surface area (Å²) >= 11 is 0. The molecule has 0 aromatic heterocycles. The zero-order valence-corrected chi connectivity index (χ0v) is 8.17. The molecule has 1 spiro atoms. The maximum absolute atomic E-state index is 8.83. The Hall–Kier alpha value is -0.120. The second-order valence-electron chi connectivity index (χ2n) is 4.24. The molecule has 3 nitrogen and oxygen atoms in total. The summed E-state index contributed by atoms with van der Waals surface area (Å²) < 4.78 is 5.88. The van der Waals surface area contributed by atoms with Crippen molar-refractivity contribution in [3.63, 3.8) is 0 Å². The Labute approximate surface area is 79.7 Å².